The number of carbonyl (C=O) groups excluding carboxylic acids is 1. The van der Waals surface area contributed by atoms with Gasteiger partial charge in [-0.05, 0) is 35.9 Å². The minimum atomic E-state index is -0.466. The van der Waals surface area contributed by atoms with Crippen LogP contribution in [0.5, 0.6) is 11.5 Å². The lowest BCUT2D eigenvalue weighted by Crippen LogP contribution is -2.26. The molecule has 2 aromatic rings. The number of halogens is 2. The predicted octanol–water partition coefficient (Wildman–Crippen LogP) is 3.77. The molecule has 0 unspecified atom stereocenters. The Kier molecular flexibility index (Phi) is 5.45. The van der Waals surface area contributed by atoms with E-state index in [2.05, 4.69) is 0 Å². The maximum absolute atomic E-state index is 13.7. The summed E-state index contributed by atoms with van der Waals surface area (Å²) in [6, 6.07) is 9.42. The molecule has 0 atom stereocenters. The molecule has 6 heteroatoms. The summed E-state index contributed by atoms with van der Waals surface area (Å²) < 4.78 is 23.8. The maximum atomic E-state index is 13.7. The molecule has 122 valence electrons. The Morgan fingerprint density at radius 1 is 1.13 bits per heavy atom. The van der Waals surface area contributed by atoms with Gasteiger partial charge in [-0.1, -0.05) is 17.7 Å². The summed E-state index contributed by atoms with van der Waals surface area (Å²) in [5, 5.41) is 0.443. The lowest BCUT2D eigenvalue weighted by molar-refractivity contribution is 0.0781. The van der Waals surface area contributed by atoms with Crippen molar-refractivity contribution in [3.63, 3.8) is 0 Å². The molecule has 0 N–H and O–H groups in total. The fraction of sp³-hybridized carbons (Fsp3) is 0.235. The summed E-state index contributed by atoms with van der Waals surface area (Å²) >= 11 is 5.95. The van der Waals surface area contributed by atoms with E-state index in [1.807, 2.05) is 0 Å². The minimum absolute atomic E-state index is 0.166. The van der Waals surface area contributed by atoms with E-state index in [0.717, 1.165) is 0 Å². The Hall–Kier alpha value is -2.27. The number of ether oxygens (including phenoxy) is 2. The monoisotopic (exact) mass is 337 g/mol. The topological polar surface area (TPSA) is 38.8 Å². The predicted molar refractivity (Wildman–Crippen MR) is 86.8 cm³/mol. The van der Waals surface area contributed by atoms with Crippen LogP contribution < -0.4 is 9.47 Å². The molecule has 0 saturated carbocycles. The van der Waals surface area contributed by atoms with Crippen LogP contribution in [0.4, 0.5) is 4.39 Å². The van der Waals surface area contributed by atoms with Crippen LogP contribution in [-0.2, 0) is 6.54 Å². The molecule has 0 aromatic heterocycles. The Labute approximate surface area is 139 Å². The van der Waals surface area contributed by atoms with Crippen LogP contribution in [0.1, 0.15) is 15.9 Å². The van der Waals surface area contributed by atoms with E-state index in [1.54, 1.807) is 31.3 Å². The first-order valence-electron chi connectivity index (χ1n) is 6.87. The molecular formula is C17H17ClFNO3. The third kappa shape index (κ3) is 3.93. The van der Waals surface area contributed by atoms with Crippen LogP contribution in [0.2, 0.25) is 5.02 Å². The summed E-state index contributed by atoms with van der Waals surface area (Å²) in [5.41, 5.74) is 1.01. The zero-order valence-corrected chi connectivity index (χ0v) is 13.9. The molecule has 0 saturated heterocycles. The van der Waals surface area contributed by atoms with Crippen molar-refractivity contribution in [3.8, 4) is 11.5 Å². The molecule has 2 rings (SSSR count). The van der Waals surface area contributed by atoms with Crippen LogP contribution in [0, 0.1) is 5.82 Å². The summed E-state index contributed by atoms with van der Waals surface area (Å²) in [5.74, 6) is -0.127. The average Bonchev–Trinajstić information content (AvgIpc) is 2.54. The fourth-order valence-electron chi connectivity index (χ4n) is 2.21. The Bertz CT molecular complexity index is 721. The highest BCUT2D eigenvalue weighted by Crippen LogP contribution is 2.25. The van der Waals surface area contributed by atoms with Crippen LogP contribution in [0.15, 0.2) is 36.4 Å². The number of hydrogen-bond acceptors (Lipinski definition) is 3. The highest BCUT2D eigenvalue weighted by atomic mass is 35.5. The van der Waals surface area contributed by atoms with E-state index in [4.69, 9.17) is 21.1 Å². The quantitative estimate of drug-likeness (QED) is 0.833. The standard InChI is InChI=1S/C17H17ClFNO3/c1-20(10-11-4-6-16(23-3)14(19)8-11)17(21)13-9-12(18)5-7-15(13)22-2/h4-9H,10H2,1-3H3. The molecule has 0 spiro atoms. The summed E-state index contributed by atoms with van der Waals surface area (Å²) in [4.78, 5) is 14.0. The lowest BCUT2D eigenvalue weighted by atomic mass is 10.1. The Morgan fingerprint density at radius 3 is 2.39 bits per heavy atom. The zero-order chi connectivity index (χ0) is 17.0. The summed E-state index contributed by atoms with van der Waals surface area (Å²) in [7, 11) is 4.52. The van der Waals surface area contributed by atoms with Crippen molar-refractivity contribution in [2.75, 3.05) is 21.3 Å². The minimum Gasteiger partial charge on any atom is -0.496 e. The molecule has 0 radical (unpaired) electrons. The van der Waals surface area contributed by atoms with E-state index in [0.29, 0.717) is 21.9 Å². The molecular weight excluding hydrogens is 321 g/mol. The number of benzene rings is 2. The molecule has 0 bridgehead atoms. The number of amides is 1. The van der Waals surface area contributed by atoms with Crippen molar-refractivity contribution in [3.05, 3.63) is 58.4 Å². The van der Waals surface area contributed by atoms with Crippen LogP contribution in [0.25, 0.3) is 0 Å². The van der Waals surface area contributed by atoms with Crippen molar-refractivity contribution in [1.29, 1.82) is 0 Å². The Morgan fingerprint density at radius 2 is 1.78 bits per heavy atom. The first-order valence-corrected chi connectivity index (χ1v) is 7.25. The van der Waals surface area contributed by atoms with E-state index < -0.39 is 5.82 Å². The molecule has 0 heterocycles. The molecule has 0 aliphatic carbocycles. The molecule has 0 aliphatic rings. The van der Waals surface area contributed by atoms with Gasteiger partial charge in [0.05, 0.1) is 19.8 Å². The summed E-state index contributed by atoms with van der Waals surface area (Å²) in [6.45, 7) is 0.245. The van der Waals surface area contributed by atoms with Crippen LogP contribution in [-0.4, -0.2) is 32.1 Å². The normalized spacial score (nSPS) is 10.3. The number of methoxy groups -OCH3 is 2. The molecule has 0 aliphatic heterocycles. The first-order chi connectivity index (χ1) is 11.0. The van der Waals surface area contributed by atoms with Gasteiger partial charge < -0.3 is 14.4 Å². The van der Waals surface area contributed by atoms with E-state index in [-0.39, 0.29) is 18.2 Å². The number of hydrogen-bond donors (Lipinski definition) is 0. The third-order valence-electron chi connectivity index (χ3n) is 3.37. The highest BCUT2D eigenvalue weighted by Gasteiger charge is 2.18. The first kappa shape index (κ1) is 17.1. The average molecular weight is 338 g/mol. The van der Waals surface area contributed by atoms with Gasteiger partial charge in [0.2, 0.25) is 0 Å². The lowest BCUT2D eigenvalue weighted by Gasteiger charge is -2.19. The fourth-order valence-corrected chi connectivity index (χ4v) is 2.38. The molecule has 0 fully saturated rings. The van der Waals surface area contributed by atoms with Gasteiger partial charge in [0.15, 0.2) is 11.6 Å². The maximum Gasteiger partial charge on any atom is 0.257 e. The highest BCUT2D eigenvalue weighted by molar-refractivity contribution is 6.31. The second-order valence-corrected chi connectivity index (χ2v) is 5.41. The van der Waals surface area contributed by atoms with Crippen molar-refractivity contribution >= 4 is 17.5 Å². The summed E-state index contributed by atoms with van der Waals surface area (Å²) in [6.07, 6.45) is 0. The molecule has 23 heavy (non-hydrogen) atoms. The van der Waals surface area contributed by atoms with Crippen molar-refractivity contribution in [1.82, 2.24) is 4.90 Å². The van der Waals surface area contributed by atoms with Gasteiger partial charge in [-0.15, -0.1) is 0 Å². The number of carbonyl (C=O) groups is 1. The Balaban J connectivity index is 2.20. The van der Waals surface area contributed by atoms with Gasteiger partial charge in [-0.3, -0.25) is 4.79 Å². The number of rotatable bonds is 5. The van der Waals surface area contributed by atoms with E-state index in [1.165, 1.54) is 31.3 Å². The SMILES string of the molecule is COc1ccc(CN(C)C(=O)c2cc(Cl)ccc2OC)cc1F. The van der Waals surface area contributed by atoms with Gasteiger partial charge in [-0.2, -0.15) is 0 Å². The van der Waals surface area contributed by atoms with Gasteiger partial charge >= 0.3 is 0 Å². The van der Waals surface area contributed by atoms with Crippen LogP contribution in [0.3, 0.4) is 0 Å². The largest absolute Gasteiger partial charge is 0.496 e. The second kappa shape index (κ2) is 7.33. The van der Waals surface area contributed by atoms with Gasteiger partial charge in [0.1, 0.15) is 5.75 Å². The van der Waals surface area contributed by atoms with Gasteiger partial charge in [0, 0.05) is 18.6 Å². The zero-order valence-electron chi connectivity index (χ0n) is 13.1. The van der Waals surface area contributed by atoms with Crippen LogP contribution >= 0.6 is 11.6 Å². The third-order valence-corrected chi connectivity index (χ3v) is 3.61. The van der Waals surface area contributed by atoms with Gasteiger partial charge in [0.25, 0.3) is 5.91 Å². The van der Waals surface area contributed by atoms with Crippen molar-refractivity contribution in [2.24, 2.45) is 0 Å². The second-order valence-electron chi connectivity index (χ2n) is 4.97. The smallest absolute Gasteiger partial charge is 0.257 e. The molecule has 2 aromatic carbocycles. The molecule has 4 nitrogen and oxygen atoms in total. The van der Waals surface area contributed by atoms with Crippen molar-refractivity contribution < 1.29 is 18.7 Å². The van der Waals surface area contributed by atoms with E-state index >= 15 is 0 Å². The van der Waals surface area contributed by atoms with Crippen molar-refractivity contribution in [2.45, 2.75) is 6.54 Å². The van der Waals surface area contributed by atoms with E-state index in [9.17, 15) is 9.18 Å². The molecule has 1 amide bonds. The van der Waals surface area contributed by atoms with Gasteiger partial charge in [-0.25, -0.2) is 4.39 Å². The number of nitrogens with zero attached hydrogens (tertiary/aromatic N) is 1.